The third kappa shape index (κ3) is 3.35. The summed E-state index contributed by atoms with van der Waals surface area (Å²) >= 11 is 0. The molecule has 0 aliphatic carbocycles. The highest BCUT2D eigenvalue weighted by Gasteiger charge is 2.28. The van der Waals surface area contributed by atoms with E-state index in [1.807, 2.05) is 48.9 Å². The first-order valence-corrected chi connectivity index (χ1v) is 7.29. The first kappa shape index (κ1) is 15.4. The summed E-state index contributed by atoms with van der Waals surface area (Å²) in [5.74, 6) is -0.0330. The predicted octanol–water partition coefficient (Wildman–Crippen LogP) is 3.85. The van der Waals surface area contributed by atoms with Crippen molar-refractivity contribution in [2.75, 3.05) is 0 Å². The number of carbonyl (C=O) groups is 1. The van der Waals surface area contributed by atoms with E-state index in [2.05, 4.69) is 38.2 Å². The van der Waals surface area contributed by atoms with Crippen LogP contribution in [0.2, 0.25) is 0 Å². The van der Waals surface area contributed by atoms with Gasteiger partial charge in [0, 0.05) is 12.7 Å². The van der Waals surface area contributed by atoms with Crippen LogP contribution in [0.4, 0.5) is 0 Å². The first-order chi connectivity index (χ1) is 9.80. The van der Waals surface area contributed by atoms with Crippen LogP contribution in [0.5, 0.6) is 0 Å². The van der Waals surface area contributed by atoms with E-state index in [1.54, 1.807) is 0 Å². The summed E-state index contributed by atoms with van der Waals surface area (Å²) in [5.41, 5.74) is 2.84. The van der Waals surface area contributed by atoms with Crippen LogP contribution in [0, 0.1) is 12.3 Å². The molecular weight excluding hydrogens is 260 g/mol. The molecule has 1 aromatic heterocycles. The number of rotatable bonds is 3. The maximum Gasteiger partial charge on any atom is 0.268 e. The van der Waals surface area contributed by atoms with Gasteiger partial charge in [0.05, 0.1) is 6.04 Å². The molecule has 3 nitrogen and oxygen atoms in total. The molecule has 1 amide bonds. The summed E-state index contributed by atoms with van der Waals surface area (Å²) in [5, 5.41) is 3.18. The van der Waals surface area contributed by atoms with Crippen LogP contribution < -0.4 is 5.32 Å². The molecule has 1 unspecified atom stereocenters. The zero-order valence-corrected chi connectivity index (χ0v) is 13.5. The van der Waals surface area contributed by atoms with Crippen molar-refractivity contribution in [3.8, 4) is 0 Å². The molecule has 1 atom stereocenters. The highest BCUT2D eigenvalue weighted by molar-refractivity contribution is 5.93. The number of hydrogen-bond acceptors (Lipinski definition) is 1. The van der Waals surface area contributed by atoms with Gasteiger partial charge >= 0.3 is 0 Å². The molecule has 0 fully saturated rings. The minimum atomic E-state index is -0.0583. The van der Waals surface area contributed by atoms with Gasteiger partial charge in [0.2, 0.25) is 0 Å². The van der Waals surface area contributed by atoms with Crippen LogP contribution in [0.1, 0.15) is 48.6 Å². The molecule has 0 aliphatic heterocycles. The Morgan fingerprint density at radius 3 is 2.19 bits per heavy atom. The van der Waals surface area contributed by atoms with Gasteiger partial charge in [0.1, 0.15) is 5.69 Å². The van der Waals surface area contributed by atoms with E-state index in [1.165, 1.54) is 0 Å². The van der Waals surface area contributed by atoms with Crippen molar-refractivity contribution in [3.63, 3.8) is 0 Å². The van der Waals surface area contributed by atoms with Crippen LogP contribution in [-0.4, -0.2) is 10.5 Å². The lowest BCUT2D eigenvalue weighted by atomic mass is 9.82. The number of nitrogens with zero attached hydrogens (tertiary/aromatic N) is 1. The van der Waals surface area contributed by atoms with Crippen molar-refractivity contribution in [3.05, 3.63) is 59.4 Å². The Bertz CT molecular complexity index is 620. The van der Waals surface area contributed by atoms with Crippen molar-refractivity contribution in [1.29, 1.82) is 0 Å². The molecule has 0 radical (unpaired) electrons. The van der Waals surface area contributed by atoms with Gasteiger partial charge in [-0.25, -0.2) is 0 Å². The molecule has 0 bridgehead atoms. The van der Waals surface area contributed by atoms with Gasteiger partial charge in [-0.1, -0.05) is 51.1 Å². The van der Waals surface area contributed by atoms with Gasteiger partial charge in [-0.3, -0.25) is 4.79 Å². The Balaban J connectivity index is 2.28. The Labute approximate surface area is 127 Å². The van der Waals surface area contributed by atoms with Crippen molar-refractivity contribution < 1.29 is 4.79 Å². The molecule has 1 aromatic carbocycles. The molecule has 0 saturated heterocycles. The third-order valence-corrected chi connectivity index (χ3v) is 3.88. The summed E-state index contributed by atoms with van der Waals surface area (Å²) in [7, 11) is 1.92. The molecule has 0 saturated carbocycles. The molecule has 3 heteroatoms. The third-order valence-electron chi connectivity index (χ3n) is 3.88. The molecule has 2 rings (SSSR count). The largest absolute Gasteiger partial charge is 0.344 e. The van der Waals surface area contributed by atoms with Crippen LogP contribution in [-0.2, 0) is 7.05 Å². The minimum absolute atomic E-state index is 0.0265. The van der Waals surface area contributed by atoms with Gasteiger partial charge in [-0.05, 0) is 30.0 Å². The smallest absolute Gasteiger partial charge is 0.268 e. The van der Waals surface area contributed by atoms with E-state index < -0.39 is 0 Å². The topological polar surface area (TPSA) is 34.0 Å². The standard InChI is InChI=1S/C18H24N2O/c1-13-11-12-15(20(13)5)17(21)19-16(18(2,3)4)14-9-7-6-8-10-14/h6-12,16H,1-5H3,(H,19,21). The highest BCUT2D eigenvalue weighted by Crippen LogP contribution is 2.32. The van der Waals surface area contributed by atoms with Crippen molar-refractivity contribution >= 4 is 5.91 Å². The van der Waals surface area contributed by atoms with Crippen LogP contribution in [0.25, 0.3) is 0 Å². The molecule has 1 N–H and O–H groups in total. The maximum absolute atomic E-state index is 12.6. The SMILES string of the molecule is Cc1ccc(C(=O)NC(c2ccccc2)C(C)(C)C)n1C. The number of aryl methyl sites for hydroxylation is 1. The fourth-order valence-electron chi connectivity index (χ4n) is 2.49. The van der Waals surface area contributed by atoms with E-state index >= 15 is 0 Å². The van der Waals surface area contributed by atoms with Crippen molar-refractivity contribution in [2.45, 2.75) is 33.7 Å². The fourth-order valence-corrected chi connectivity index (χ4v) is 2.49. The van der Waals surface area contributed by atoms with Gasteiger partial charge in [-0.2, -0.15) is 0 Å². The lowest BCUT2D eigenvalue weighted by molar-refractivity contribution is 0.0893. The van der Waals surface area contributed by atoms with Crippen LogP contribution in [0.3, 0.4) is 0 Å². The number of amides is 1. The molecule has 1 heterocycles. The number of benzene rings is 1. The zero-order chi connectivity index (χ0) is 15.6. The molecule has 2 aromatic rings. The fraction of sp³-hybridized carbons (Fsp3) is 0.389. The van der Waals surface area contributed by atoms with Crippen molar-refractivity contribution in [1.82, 2.24) is 9.88 Å². The quantitative estimate of drug-likeness (QED) is 0.912. The summed E-state index contributed by atoms with van der Waals surface area (Å²) in [6.07, 6.45) is 0. The molecule has 21 heavy (non-hydrogen) atoms. The second-order valence-electron chi connectivity index (χ2n) is 6.60. The maximum atomic E-state index is 12.6. The first-order valence-electron chi connectivity index (χ1n) is 7.29. The average Bonchev–Trinajstić information content (AvgIpc) is 2.76. The number of aromatic nitrogens is 1. The van der Waals surface area contributed by atoms with Gasteiger partial charge in [0.15, 0.2) is 0 Å². The summed E-state index contributed by atoms with van der Waals surface area (Å²) in [6, 6.07) is 13.9. The summed E-state index contributed by atoms with van der Waals surface area (Å²) < 4.78 is 1.92. The number of carbonyl (C=O) groups excluding carboxylic acids is 1. The molecule has 112 valence electrons. The van der Waals surface area contributed by atoms with E-state index in [9.17, 15) is 4.79 Å². The van der Waals surface area contributed by atoms with Gasteiger partial charge < -0.3 is 9.88 Å². The van der Waals surface area contributed by atoms with E-state index in [0.717, 1.165) is 11.3 Å². The van der Waals surface area contributed by atoms with E-state index in [4.69, 9.17) is 0 Å². The minimum Gasteiger partial charge on any atom is -0.344 e. The van der Waals surface area contributed by atoms with Crippen LogP contribution in [0.15, 0.2) is 42.5 Å². The number of hydrogen-bond donors (Lipinski definition) is 1. The molecule has 0 spiro atoms. The average molecular weight is 284 g/mol. The normalized spacial score (nSPS) is 13.0. The van der Waals surface area contributed by atoms with E-state index in [0.29, 0.717) is 5.69 Å². The Kier molecular flexibility index (Phi) is 4.21. The Morgan fingerprint density at radius 1 is 1.10 bits per heavy atom. The monoisotopic (exact) mass is 284 g/mol. The highest BCUT2D eigenvalue weighted by atomic mass is 16.2. The second kappa shape index (κ2) is 5.76. The summed E-state index contributed by atoms with van der Waals surface area (Å²) in [6.45, 7) is 8.42. The molecular formula is C18H24N2O. The van der Waals surface area contributed by atoms with Crippen molar-refractivity contribution in [2.24, 2.45) is 12.5 Å². The van der Waals surface area contributed by atoms with Crippen LogP contribution >= 0.6 is 0 Å². The predicted molar refractivity (Wildman–Crippen MR) is 86.3 cm³/mol. The lowest BCUT2D eigenvalue weighted by Gasteiger charge is -2.32. The lowest BCUT2D eigenvalue weighted by Crippen LogP contribution is -2.37. The van der Waals surface area contributed by atoms with Gasteiger partial charge in [0.25, 0.3) is 5.91 Å². The molecule has 0 aliphatic rings. The van der Waals surface area contributed by atoms with E-state index in [-0.39, 0.29) is 17.4 Å². The second-order valence-corrected chi connectivity index (χ2v) is 6.60. The Morgan fingerprint density at radius 2 is 1.71 bits per heavy atom. The summed E-state index contributed by atoms with van der Waals surface area (Å²) in [4.78, 5) is 12.6. The Hall–Kier alpha value is -2.03. The zero-order valence-electron chi connectivity index (χ0n) is 13.5. The number of nitrogens with one attached hydrogen (secondary N) is 1. The van der Waals surface area contributed by atoms with Gasteiger partial charge in [-0.15, -0.1) is 0 Å².